The first-order valence-electron chi connectivity index (χ1n) is 6.14. The molecule has 0 atom stereocenters. The normalized spacial score (nSPS) is 11.0. The van der Waals surface area contributed by atoms with E-state index in [1.165, 1.54) is 18.3 Å². The number of aromatic nitrogens is 3. The highest BCUT2D eigenvalue weighted by Gasteiger charge is 2.17. The van der Waals surface area contributed by atoms with E-state index in [0.29, 0.717) is 11.7 Å². The number of amides is 1. The lowest BCUT2D eigenvalue weighted by atomic mass is 10.4. The van der Waals surface area contributed by atoms with Crippen molar-refractivity contribution in [1.82, 2.24) is 15.0 Å². The molecule has 0 spiro atoms. The lowest BCUT2D eigenvalue weighted by Gasteiger charge is -1.96. The van der Waals surface area contributed by atoms with Crippen LogP contribution >= 0.6 is 22.7 Å². The SMILES string of the molecule is COCc1nc(NC(C)=O)sc1-c1nc2ccncc2s1. The molecule has 8 heteroatoms. The van der Waals surface area contributed by atoms with Crippen LogP contribution in [-0.2, 0) is 16.1 Å². The molecular weight excluding hydrogens is 308 g/mol. The van der Waals surface area contributed by atoms with Gasteiger partial charge in [-0.15, -0.1) is 11.3 Å². The number of thiazole rings is 2. The Hall–Kier alpha value is -1.90. The zero-order chi connectivity index (χ0) is 14.8. The molecule has 21 heavy (non-hydrogen) atoms. The van der Waals surface area contributed by atoms with E-state index in [0.717, 1.165) is 25.8 Å². The lowest BCUT2D eigenvalue weighted by molar-refractivity contribution is -0.114. The van der Waals surface area contributed by atoms with Crippen LogP contribution in [0.2, 0.25) is 0 Å². The van der Waals surface area contributed by atoms with Crippen LogP contribution in [-0.4, -0.2) is 28.0 Å². The Balaban J connectivity index is 2.06. The zero-order valence-corrected chi connectivity index (χ0v) is 13.0. The van der Waals surface area contributed by atoms with Crippen molar-refractivity contribution in [3.63, 3.8) is 0 Å². The number of nitrogens with one attached hydrogen (secondary N) is 1. The molecule has 3 heterocycles. The molecule has 3 aromatic heterocycles. The smallest absolute Gasteiger partial charge is 0.223 e. The Morgan fingerprint density at radius 1 is 1.38 bits per heavy atom. The van der Waals surface area contributed by atoms with Gasteiger partial charge < -0.3 is 10.1 Å². The molecule has 3 aromatic rings. The van der Waals surface area contributed by atoms with Crippen LogP contribution in [0, 0.1) is 0 Å². The van der Waals surface area contributed by atoms with Gasteiger partial charge in [0.15, 0.2) is 5.13 Å². The molecule has 1 N–H and O–H groups in total. The van der Waals surface area contributed by atoms with Crippen LogP contribution in [0.4, 0.5) is 5.13 Å². The van der Waals surface area contributed by atoms with E-state index >= 15 is 0 Å². The maximum Gasteiger partial charge on any atom is 0.223 e. The number of anilines is 1. The van der Waals surface area contributed by atoms with E-state index in [9.17, 15) is 4.79 Å². The van der Waals surface area contributed by atoms with Gasteiger partial charge >= 0.3 is 0 Å². The van der Waals surface area contributed by atoms with Gasteiger partial charge in [0, 0.05) is 26.4 Å². The van der Waals surface area contributed by atoms with Gasteiger partial charge in [-0.25, -0.2) is 9.97 Å². The van der Waals surface area contributed by atoms with Gasteiger partial charge in [0.1, 0.15) is 5.01 Å². The van der Waals surface area contributed by atoms with Crippen LogP contribution in [0.1, 0.15) is 12.6 Å². The molecule has 108 valence electrons. The summed E-state index contributed by atoms with van der Waals surface area (Å²) in [6.45, 7) is 1.83. The third kappa shape index (κ3) is 2.92. The number of carbonyl (C=O) groups is 1. The van der Waals surface area contributed by atoms with Crippen LogP contribution in [0.25, 0.3) is 20.1 Å². The van der Waals surface area contributed by atoms with Crippen LogP contribution in [0.15, 0.2) is 18.5 Å². The van der Waals surface area contributed by atoms with Crippen molar-refractivity contribution in [2.24, 2.45) is 0 Å². The monoisotopic (exact) mass is 320 g/mol. The fourth-order valence-electron chi connectivity index (χ4n) is 1.83. The summed E-state index contributed by atoms with van der Waals surface area (Å²) < 4.78 is 6.20. The van der Waals surface area contributed by atoms with Crippen molar-refractivity contribution in [2.45, 2.75) is 13.5 Å². The molecule has 0 bridgehead atoms. The van der Waals surface area contributed by atoms with E-state index in [4.69, 9.17) is 4.74 Å². The second-order valence-corrected chi connectivity index (χ2v) is 6.30. The molecule has 3 rings (SSSR count). The van der Waals surface area contributed by atoms with Gasteiger partial charge in [-0.05, 0) is 6.07 Å². The predicted molar refractivity (Wildman–Crippen MR) is 83.5 cm³/mol. The molecule has 0 saturated carbocycles. The largest absolute Gasteiger partial charge is 0.378 e. The Bertz CT molecular complexity index is 763. The molecular formula is C13H12N4O2S2. The van der Waals surface area contributed by atoms with E-state index in [-0.39, 0.29) is 5.91 Å². The summed E-state index contributed by atoms with van der Waals surface area (Å²) in [5.74, 6) is -0.146. The Morgan fingerprint density at radius 3 is 2.95 bits per heavy atom. The number of fused-ring (bicyclic) bond motifs is 1. The summed E-state index contributed by atoms with van der Waals surface area (Å²) in [6, 6.07) is 1.88. The number of rotatable bonds is 4. The standard InChI is InChI=1S/C13H12N4O2S2/c1-7(18)15-13-17-9(6-19-2)11(21-13)12-16-8-3-4-14-5-10(8)20-12/h3-5H,6H2,1-2H3,(H,15,17,18). The molecule has 0 saturated heterocycles. The highest BCUT2D eigenvalue weighted by Crippen LogP contribution is 2.37. The molecule has 0 aliphatic heterocycles. The molecule has 0 radical (unpaired) electrons. The van der Waals surface area contributed by atoms with Crippen LogP contribution in [0.3, 0.4) is 0 Å². The van der Waals surface area contributed by atoms with Gasteiger partial charge in [0.2, 0.25) is 5.91 Å². The van der Waals surface area contributed by atoms with E-state index in [1.54, 1.807) is 30.8 Å². The fraction of sp³-hybridized carbons (Fsp3) is 0.231. The quantitative estimate of drug-likeness (QED) is 0.800. The van der Waals surface area contributed by atoms with Crippen molar-refractivity contribution in [3.05, 3.63) is 24.2 Å². The number of ether oxygens (including phenoxy) is 1. The molecule has 0 aliphatic carbocycles. The second kappa shape index (κ2) is 5.84. The van der Waals surface area contributed by atoms with Crippen molar-refractivity contribution in [3.8, 4) is 9.88 Å². The summed E-state index contributed by atoms with van der Waals surface area (Å²) in [6.07, 6.45) is 3.51. The first kappa shape index (κ1) is 14.1. The maximum atomic E-state index is 11.2. The van der Waals surface area contributed by atoms with E-state index < -0.39 is 0 Å². The number of pyridine rings is 1. The highest BCUT2D eigenvalue weighted by atomic mass is 32.1. The van der Waals surface area contributed by atoms with Crippen molar-refractivity contribution >= 4 is 43.9 Å². The van der Waals surface area contributed by atoms with Crippen LogP contribution in [0.5, 0.6) is 0 Å². The summed E-state index contributed by atoms with van der Waals surface area (Å²) in [5.41, 5.74) is 1.68. The number of methoxy groups -OCH3 is 1. The minimum atomic E-state index is -0.146. The molecule has 6 nitrogen and oxygen atoms in total. The summed E-state index contributed by atoms with van der Waals surface area (Å²) in [4.78, 5) is 25.2. The molecule has 1 amide bonds. The van der Waals surface area contributed by atoms with Crippen molar-refractivity contribution in [2.75, 3.05) is 12.4 Å². The van der Waals surface area contributed by atoms with E-state index in [2.05, 4.69) is 20.3 Å². The van der Waals surface area contributed by atoms with Crippen molar-refractivity contribution in [1.29, 1.82) is 0 Å². The number of nitrogens with zero attached hydrogens (tertiary/aromatic N) is 3. The topological polar surface area (TPSA) is 77.0 Å². The predicted octanol–water partition coefficient (Wildman–Crippen LogP) is 2.92. The van der Waals surface area contributed by atoms with Crippen molar-refractivity contribution < 1.29 is 9.53 Å². The molecule has 0 unspecified atom stereocenters. The average Bonchev–Trinajstić information content (AvgIpc) is 3.02. The summed E-state index contributed by atoms with van der Waals surface area (Å²) in [5, 5.41) is 4.12. The van der Waals surface area contributed by atoms with Gasteiger partial charge in [0.05, 0.1) is 27.4 Å². The fourth-order valence-corrected chi connectivity index (χ4v) is 3.88. The third-order valence-corrected chi connectivity index (χ3v) is 4.82. The molecule has 0 fully saturated rings. The van der Waals surface area contributed by atoms with Gasteiger partial charge in [-0.2, -0.15) is 0 Å². The van der Waals surface area contributed by atoms with Gasteiger partial charge in [-0.3, -0.25) is 9.78 Å². The number of hydrogen-bond donors (Lipinski definition) is 1. The minimum absolute atomic E-state index is 0.146. The number of carbonyl (C=O) groups excluding carboxylic acids is 1. The van der Waals surface area contributed by atoms with Crippen LogP contribution < -0.4 is 5.32 Å². The maximum absolute atomic E-state index is 11.2. The second-order valence-electron chi connectivity index (χ2n) is 4.27. The first-order chi connectivity index (χ1) is 10.2. The molecule has 0 aliphatic rings. The van der Waals surface area contributed by atoms with Gasteiger partial charge in [-0.1, -0.05) is 11.3 Å². The first-order valence-corrected chi connectivity index (χ1v) is 7.78. The number of hydrogen-bond acceptors (Lipinski definition) is 7. The Kier molecular flexibility index (Phi) is 3.91. The minimum Gasteiger partial charge on any atom is -0.378 e. The lowest BCUT2D eigenvalue weighted by Crippen LogP contribution is -2.05. The Morgan fingerprint density at radius 2 is 2.24 bits per heavy atom. The molecule has 0 aromatic carbocycles. The zero-order valence-electron chi connectivity index (χ0n) is 11.4. The Labute approximate surface area is 128 Å². The summed E-state index contributed by atoms with van der Waals surface area (Å²) >= 11 is 2.95. The third-order valence-electron chi connectivity index (χ3n) is 2.65. The van der Waals surface area contributed by atoms with Gasteiger partial charge in [0.25, 0.3) is 0 Å². The summed E-state index contributed by atoms with van der Waals surface area (Å²) in [7, 11) is 1.61. The highest BCUT2D eigenvalue weighted by molar-refractivity contribution is 7.26. The average molecular weight is 320 g/mol. The van der Waals surface area contributed by atoms with E-state index in [1.807, 2.05) is 6.07 Å².